The Hall–Kier alpha value is -2.72. The number of aliphatic imine (C=N–C) groups is 1. The topological polar surface area (TPSA) is 114 Å². The van der Waals surface area contributed by atoms with Gasteiger partial charge in [-0.15, -0.1) is 0 Å². The number of nitrogens with one attached hydrogen (secondary N) is 2. The van der Waals surface area contributed by atoms with Crippen LogP contribution in [0, 0.1) is 0 Å². The van der Waals surface area contributed by atoms with Crippen molar-refractivity contribution in [2.24, 2.45) is 4.99 Å². The van der Waals surface area contributed by atoms with Crippen molar-refractivity contribution in [2.45, 2.75) is 24.4 Å². The first-order chi connectivity index (χ1) is 15.2. The third kappa shape index (κ3) is 3.34. The largest absolute Gasteiger partial charge is 0.456 e. The molecule has 1 aromatic carbocycles. The van der Waals surface area contributed by atoms with Gasteiger partial charge < -0.3 is 29.6 Å². The molecule has 31 heavy (non-hydrogen) atoms. The molecular weight excluding hydrogens is 422 g/mol. The molecule has 2 saturated heterocycles. The molecule has 160 valence electrons. The lowest BCUT2D eigenvalue weighted by Gasteiger charge is -2.15. The van der Waals surface area contributed by atoms with Crippen molar-refractivity contribution in [1.29, 1.82) is 0 Å². The van der Waals surface area contributed by atoms with Gasteiger partial charge >= 0.3 is 0 Å². The van der Waals surface area contributed by atoms with Gasteiger partial charge in [-0.2, -0.15) is 4.98 Å². The molecule has 0 aliphatic carbocycles. The van der Waals surface area contributed by atoms with Gasteiger partial charge in [0.15, 0.2) is 11.8 Å². The molecular formula is C21H20ClN5O4. The Morgan fingerprint density at radius 3 is 2.68 bits per heavy atom. The molecule has 0 radical (unpaired) electrons. The van der Waals surface area contributed by atoms with Gasteiger partial charge in [0.25, 0.3) is 6.01 Å². The van der Waals surface area contributed by atoms with E-state index in [2.05, 4.69) is 25.3 Å². The van der Waals surface area contributed by atoms with E-state index in [4.69, 9.17) is 25.8 Å². The number of hydrogen-bond donors (Lipinski definition) is 3. The zero-order valence-electron chi connectivity index (χ0n) is 16.4. The maximum atomic E-state index is 9.88. The van der Waals surface area contributed by atoms with Crippen LogP contribution >= 0.6 is 11.6 Å². The molecule has 10 heteroatoms. The summed E-state index contributed by atoms with van der Waals surface area (Å²) in [6.07, 6.45) is -1.65. The lowest BCUT2D eigenvalue weighted by Crippen LogP contribution is -2.34. The van der Waals surface area contributed by atoms with E-state index >= 15 is 0 Å². The van der Waals surface area contributed by atoms with Crippen LogP contribution in [0.25, 0.3) is 22.4 Å². The highest BCUT2D eigenvalue weighted by atomic mass is 35.5. The van der Waals surface area contributed by atoms with Crippen LogP contribution in [-0.2, 0) is 9.47 Å². The molecule has 2 aromatic heterocycles. The third-order valence-electron chi connectivity index (χ3n) is 5.76. The maximum Gasteiger partial charge on any atom is 0.296 e. The van der Waals surface area contributed by atoms with Crippen molar-refractivity contribution < 1.29 is 19.3 Å². The van der Waals surface area contributed by atoms with Crippen LogP contribution in [0.5, 0.6) is 6.01 Å². The number of nitrogens with zero attached hydrogens (tertiary/aromatic N) is 3. The fourth-order valence-corrected chi connectivity index (χ4v) is 4.48. The van der Waals surface area contributed by atoms with E-state index < -0.39 is 6.10 Å². The minimum absolute atomic E-state index is 0.248. The molecule has 1 unspecified atom stereocenters. The molecule has 3 aromatic rings. The first-order valence-corrected chi connectivity index (χ1v) is 10.6. The number of rotatable bonds is 4. The van der Waals surface area contributed by atoms with E-state index in [0.29, 0.717) is 34.5 Å². The fourth-order valence-electron chi connectivity index (χ4n) is 4.22. The van der Waals surface area contributed by atoms with Crippen LogP contribution in [0.2, 0.25) is 5.02 Å². The predicted octanol–water partition coefficient (Wildman–Crippen LogP) is 1.53. The van der Waals surface area contributed by atoms with Crippen LogP contribution < -0.4 is 10.1 Å². The second-order valence-corrected chi connectivity index (χ2v) is 8.19. The van der Waals surface area contributed by atoms with E-state index in [9.17, 15) is 5.11 Å². The highest BCUT2D eigenvalue weighted by Crippen LogP contribution is 2.32. The number of benzene rings is 1. The van der Waals surface area contributed by atoms with Crippen molar-refractivity contribution in [2.75, 3.05) is 26.3 Å². The number of pyridine rings is 1. The number of halogens is 1. The van der Waals surface area contributed by atoms with Crippen molar-refractivity contribution in [3.8, 4) is 17.3 Å². The van der Waals surface area contributed by atoms with Crippen molar-refractivity contribution in [3.63, 3.8) is 0 Å². The maximum absolute atomic E-state index is 9.88. The standard InChI is InChI=1S/C21H20ClN5O4/c22-12-7-13-20(26-16(12)10-1-3-11(4-2-10)19-23-5-6-24-19)27-21(25-13)31-15-9-30-17-14(28)8-29-18(15)17/h1-4,7,14-15,17-18,28H,5-6,8-9H2,(H,23,24)(H,25,26,27)/t14-,15-,17?,18-/m1/s1. The Morgan fingerprint density at radius 2 is 1.87 bits per heavy atom. The van der Waals surface area contributed by atoms with E-state index in [0.717, 1.165) is 30.1 Å². The van der Waals surface area contributed by atoms with Crippen LogP contribution in [0.4, 0.5) is 0 Å². The fraction of sp³-hybridized carbons (Fsp3) is 0.381. The van der Waals surface area contributed by atoms with E-state index in [1.165, 1.54) is 0 Å². The number of hydrogen-bond acceptors (Lipinski definition) is 8. The smallest absolute Gasteiger partial charge is 0.296 e. The first kappa shape index (κ1) is 19.0. The number of amidine groups is 1. The van der Waals surface area contributed by atoms with Gasteiger partial charge in [0.1, 0.15) is 24.1 Å². The molecule has 6 rings (SSSR count). The van der Waals surface area contributed by atoms with Gasteiger partial charge in [-0.05, 0) is 6.07 Å². The van der Waals surface area contributed by atoms with E-state index in [-0.39, 0.29) is 24.9 Å². The minimum atomic E-state index is -0.625. The summed E-state index contributed by atoms with van der Waals surface area (Å²) >= 11 is 6.52. The summed E-state index contributed by atoms with van der Waals surface area (Å²) in [6, 6.07) is 10.1. The second kappa shape index (κ2) is 7.45. The summed E-state index contributed by atoms with van der Waals surface area (Å²) in [5, 5.41) is 13.7. The van der Waals surface area contributed by atoms with E-state index in [1.54, 1.807) is 6.07 Å². The second-order valence-electron chi connectivity index (χ2n) is 7.79. The zero-order chi connectivity index (χ0) is 20.9. The average Bonchev–Trinajstić information content (AvgIpc) is 3.55. The van der Waals surface area contributed by atoms with Gasteiger partial charge in [-0.25, -0.2) is 4.98 Å². The highest BCUT2D eigenvalue weighted by Gasteiger charge is 2.48. The predicted molar refractivity (Wildman–Crippen MR) is 114 cm³/mol. The monoisotopic (exact) mass is 441 g/mol. The van der Waals surface area contributed by atoms with Crippen LogP contribution in [-0.4, -0.2) is 76.6 Å². The highest BCUT2D eigenvalue weighted by molar-refractivity contribution is 6.33. The Bertz CT molecular complexity index is 1160. The van der Waals surface area contributed by atoms with Gasteiger partial charge in [-0.1, -0.05) is 35.9 Å². The van der Waals surface area contributed by atoms with Crippen LogP contribution in [0.3, 0.4) is 0 Å². The summed E-state index contributed by atoms with van der Waals surface area (Å²) < 4.78 is 17.1. The Kier molecular flexibility index (Phi) is 4.57. The molecule has 3 N–H and O–H groups in total. The lowest BCUT2D eigenvalue weighted by atomic mass is 10.1. The molecule has 0 spiro atoms. The third-order valence-corrected chi connectivity index (χ3v) is 6.04. The van der Waals surface area contributed by atoms with Crippen molar-refractivity contribution >= 4 is 28.6 Å². The minimum Gasteiger partial charge on any atom is -0.456 e. The van der Waals surface area contributed by atoms with E-state index in [1.807, 2.05) is 24.3 Å². The number of aromatic amines is 1. The number of aromatic nitrogens is 3. The summed E-state index contributed by atoms with van der Waals surface area (Å²) in [5.41, 5.74) is 3.74. The number of ether oxygens (including phenoxy) is 3. The molecule has 3 aliphatic heterocycles. The Labute approximate surface area is 182 Å². The van der Waals surface area contributed by atoms with Gasteiger partial charge in [0, 0.05) is 17.7 Å². The normalized spacial score (nSPS) is 27.4. The summed E-state index contributed by atoms with van der Waals surface area (Å²) in [6.45, 7) is 2.24. The zero-order valence-corrected chi connectivity index (χ0v) is 17.2. The number of imidazole rings is 1. The molecule has 0 amide bonds. The van der Waals surface area contributed by atoms with Crippen LogP contribution in [0.15, 0.2) is 35.3 Å². The van der Waals surface area contributed by atoms with Crippen LogP contribution in [0.1, 0.15) is 5.56 Å². The molecule has 3 aliphatic rings. The molecule has 9 nitrogen and oxygen atoms in total. The first-order valence-electron chi connectivity index (χ1n) is 10.2. The average molecular weight is 442 g/mol. The number of aliphatic hydroxyl groups is 1. The van der Waals surface area contributed by atoms with Gasteiger partial charge in [0.2, 0.25) is 0 Å². The number of H-pyrrole nitrogens is 1. The molecule has 2 fully saturated rings. The number of aliphatic hydroxyl groups excluding tert-OH is 1. The summed E-state index contributed by atoms with van der Waals surface area (Å²) in [4.78, 5) is 16.7. The molecule has 0 bridgehead atoms. The van der Waals surface area contributed by atoms with Crippen molar-refractivity contribution in [3.05, 3.63) is 40.9 Å². The quantitative estimate of drug-likeness (QED) is 0.562. The SMILES string of the molecule is O[C@@H]1CO[C@H]2C1OC[C@H]2Oc1nc2nc(-c3ccc(C4=NCCN4)cc3)c(Cl)cc2[nH]1. The summed E-state index contributed by atoms with van der Waals surface area (Å²) in [7, 11) is 0. The summed E-state index contributed by atoms with van der Waals surface area (Å²) in [5.74, 6) is 0.909. The lowest BCUT2D eigenvalue weighted by molar-refractivity contribution is 0.00706. The molecule has 5 heterocycles. The number of fused-ring (bicyclic) bond motifs is 2. The van der Waals surface area contributed by atoms with Crippen molar-refractivity contribution in [1.82, 2.24) is 20.3 Å². The molecule has 0 saturated carbocycles. The Balaban J connectivity index is 1.25. The Morgan fingerprint density at radius 1 is 1.06 bits per heavy atom. The van der Waals surface area contributed by atoms with Gasteiger partial charge in [-0.3, -0.25) is 4.99 Å². The molecule has 4 atom stereocenters. The van der Waals surface area contributed by atoms with Gasteiger partial charge in [0.05, 0.1) is 36.0 Å².